The maximum absolute atomic E-state index is 5.86. The number of nitrogens with one attached hydrogen (secondary N) is 1. The largest absolute Gasteiger partial charge is 0.388 e. The molecule has 1 rings (SSSR count). The smallest absolute Gasteiger partial charge is 0.0613 e. The van der Waals surface area contributed by atoms with Gasteiger partial charge in [-0.1, -0.05) is 30.1 Å². The molecule has 0 spiro atoms. The third kappa shape index (κ3) is 1.85. The van der Waals surface area contributed by atoms with Crippen molar-refractivity contribution in [3.05, 3.63) is 27.7 Å². The van der Waals surface area contributed by atoms with E-state index in [2.05, 4.69) is 12.2 Å². The van der Waals surface area contributed by atoms with E-state index in [1.165, 1.54) is 5.56 Å². The Morgan fingerprint density at radius 1 is 1.25 bits per heavy atom. The lowest BCUT2D eigenvalue weighted by Crippen LogP contribution is -1.94. The number of anilines is 1. The highest BCUT2D eigenvalue weighted by molar-refractivity contribution is 6.42. The van der Waals surface area contributed by atoms with E-state index in [0.717, 1.165) is 12.1 Å². The molecular weight excluding hydrogens is 193 g/mol. The zero-order chi connectivity index (χ0) is 9.14. The first-order valence-electron chi connectivity index (χ1n) is 3.84. The maximum Gasteiger partial charge on any atom is 0.0613 e. The molecule has 3 heteroatoms. The van der Waals surface area contributed by atoms with Crippen LogP contribution < -0.4 is 5.32 Å². The van der Waals surface area contributed by atoms with E-state index in [1.807, 2.05) is 19.2 Å². The molecule has 0 aliphatic heterocycles. The summed E-state index contributed by atoms with van der Waals surface area (Å²) in [5.74, 6) is 0. The highest BCUT2D eigenvalue weighted by Gasteiger charge is 2.03. The van der Waals surface area contributed by atoms with Crippen LogP contribution >= 0.6 is 23.2 Å². The van der Waals surface area contributed by atoms with E-state index < -0.39 is 0 Å². The summed E-state index contributed by atoms with van der Waals surface area (Å²) in [6.07, 6.45) is 0.951. The van der Waals surface area contributed by atoms with E-state index in [1.54, 1.807) is 0 Å². The van der Waals surface area contributed by atoms with Gasteiger partial charge in [0.05, 0.1) is 10.0 Å². The topological polar surface area (TPSA) is 12.0 Å². The van der Waals surface area contributed by atoms with Crippen molar-refractivity contribution in [1.82, 2.24) is 0 Å². The Labute approximate surface area is 82.7 Å². The van der Waals surface area contributed by atoms with Gasteiger partial charge in [-0.2, -0.15) is 0 Å². The maximum atomic E-state index is 5.86. The molecule has 0 amide bonds. The van der Waals surface area contributed by atoms with Crippen LogP contribution in [0.25, 0.3) is 0 Å². The molecule has 0 fully saturated rings. The lowest BCUT2D eigenvalue weighted by molar-refractivity contribution is 1.14. The van der Waals surface area contributed by atoms with Gasteiger partial charge in [-0.25, -0.2) is 0 Å². The van der Waals surface area contributed by atoms with Gasteiger partial charge in [0.15, 0.2) is 0 Å². The molecule has 0 aliphatic carbocycles. The number of benzene rings is 1. The molecule has 0 aliphatic rings. The van der Waals surface area contributed by atoms with Crippen LogP contribution in [0, 0.1) is 0 Å². The van der Waals surface area contributed by atoms with Crippen LogP contribution in [-0.4, -0.2) is 7.05 Å². The van der Waals surface area contributed by atoms with Crippen LogP contribution in [-0.2, 0) is 6.42 Å². The van der Waals surface area contributed by atoms with Crippen molar-refractivity contribution in [2.75, 3.05) is 12.4 Å². The minimum Gasteiger partial charge on any atom is -0.388 e. The molecule has 0 radical (unpaired) electrons. The highest BCUT2D eigenvalue weighted by Crippen LogP contribution is 2.28. The Kier molecular flexibility index (Phi) is 3.24. The Morgan fingerprint density at radius 3 is 2.33 bits per heavy atom. The second-order valence-corrected chi connectivity index (χ2v) is 3.34. The fraction of sp³-hybridized carbons (Fsp3) is 0.333. The van der Waals surface area contributed by atoms with Gasteiger partial charge >= 0.3 is 0 Å². The van der Waals surface area contributed by atoms with Crippen molar-refractivity contribution in [2.45, 2.75) is 13.3 Å². The summed E-state index contributed by atoms with van der Waals surface area (Å²) in [4.78, 5) is 0. The lowest BCUT2D eigenvalue weighted by Gasteiger charge is -2.08. The molecule has 0 heterocycles. The quantitative estimate of drug-likeness (QED) is 0.775. The van der Waals surface area contributed by atoms with E-state index in [4.69, 9.17) is 23.2 Å². The number of hydrogen-bond donors (Lipinski definition) is 1. The molecule has 12 heavy (non-hydrogen) atoms. The summed E-state index contributed by atoms with van der Waals surface area (Å²) in [5.41, 5.74) is 2.24. The third-order valence-corrected chi connectivity index (χ3v) is 2.52. The average molecular weight is 204 g/mol. The van der Waals surface area contributed by atoms with Crippen molar-refractivity contribution >= 4 is 28.9 Å². The van der Waals surface area contributed by atoms with Crippen molar-refractivity contribution in [2.24, 2.45) is 0 Å². The van der Waals surface area contributed by atoms with E-state index in [0.29, 0.717) is 10.0 Å². The molecule has 66 valence electrons. The third-order valence-electron chi connectivity index (χ3n) is 1.80. The van der Waals surface area contributed by atoms with Gasteiger partial charge in [0.2, 0.25) is 0 Å². The molecule has 1 N–H and O–H groups in total. The van der Waals surface area contributed by atoms with Crippen LogP contribution in [0.15, 0.2) is 12.1 Å². The molecule has 1 aromatic rings. The molecule has 1 aromatic carbocycles. The predicted octanol–water partition coefficient (Wildman–Crippen LogP) is 3.60. The minimum absolute atomic E-state index is 0.596. The van der Waals surface area contributed by atoms with Gasteiger partial charge in [0, 0.05) is 12.7 Å². The normalized spacial score (nSPS) is 10.0. The first kappa shape index (κ1) is 9.69. The molecule has 0 atom stereocenters. The van der Waals surface area contributed by atoms with Crippen LogP contribution in [0.4, 0.5) is 5.69 Å². The monoisotopic (exact) mass is 203 g/mol. The van der Waals surface area contributed by atoms with Crippen molar-refractivity contribution in [3.8, 4) is 0 Å². The summed E-state index contributed by atoms with van der Waals surface area (Å²) in [7, 11) is 1.87. The van der Waals surface area contributed by atoms with Crippen LogP contribution in [0.2, 0.25) is 10.0 Å². The molecule has 0 bridgehead atoms. The van der Waals surface area contributed by atoms with E-state index in [9.17, 15) is 0 Å². The summed E-state index contributed by atoms with van der Waals surface area (Å²) in [6.45, 7) is 2.08. The average Bonchev–Trinajstić information content (AvgIpc) is 2.09. The van der Waals surface area contributed by atoms with E-state index >= 15 is 0 Å². The Bertz CT molecular complexity index is 255. The Hall–Kier alpha value is -0.400. The molecule has 0 aromatic heterocycles. The molecule has 0 saturated carbocycles. The zero-order valence-electron chi connectivity index (χ0n) is 7.12. The molecule has 0 unspecified atom stereocenters. The van der Waals surface area contributed by atoms with Crippen LogP contribution in [0.1, 0.15) is 12.5 Å². The second kappa shape index (κ2) is 4.01. The van der Waals surface area contributed by atoms with E-state index in [-0.39, 0.29) is 0 Å². The second-order valence-electron chi connectivity index (χ2n) is 2.53. The van der Waals surface area contributed by atoms with Crippen molar-refractivity contribution < 1.29 is 0 Å². The first-order valence-corrected chi connectivity index (χ1v) is 4.60. The first-order chi connectivity index (χ1) is 5.69. The van der Waals surface area contributed by atoms with Gasteiger partial charge in [-0.15, -0.1) is 0 Å². The molecule has 1 nitrogen and oxygen atoms in total. The Morgan fingerprint density at radius 2 is 1.83 bits per heavy atom. The van der Waals surface area contributed by atoms with Gasteiger partial charge in [0.25, 0.3) is 0 Å². The fourth-order valence-corrected chi connectivity index (χ4v) is 1.46. The van der Waals surface area contributed by atoms with Crippen LogP contribution in [0.5, 0.6) is 0 Å². The SMILES string of the molecule is CCc1cc(Cl)c(Cl)cc1NC. The molecular formula is C9H11Cl2N. The Balaban J connectivity index is 3.19. The summed E-state index contributed by atoms with van der Waals surface area (Å²) < 4.78 is 0. The van der Waals surface area contributed by atoms with Crippen LogP contribution in [0.3, 0.4) is 0 Å². The van der Waals surface area contributed by atoms with Gasteiger partial charge in [-0.3, -0.25) is 0 Å². The van der Waals surface area contributed by atoms with Gasteiger partial charge in [-0.05, 0) is 24.1 Å². The fourth-order valence-electron chi connectivity index (χ4n) is 1.11. The predicted molar refractivity (Wildman–Crippen MR) is 55.4 cm³/mol. The van der Waals surface area contributed by atoms with Crippen molar-refractivity contribution in [1.29, 1.82) is 0 Å². The van der Waals surface area contributed by atoms with Gasteiger partial charge in [0.1, 0.15) is 0 Å². The van der Waals surface area contributed by atoms with Crippen molar-refractivity contribution in [3.63, 3.8) is 0 Å². The lowest BCUT2D eigenvalue weighted by atomic mass is 10.1. The highest BCUT2D eigenvalue weighted by atomic mass is 35.5. The minimum atomic E-state index is 0.596. The standard InChI is InChI=1S/C9H11Cl2N/c1-3-6-4-7(10)8(11)5-9(6)12-2/h4-5,12H,3H2,1-2H3. The summed E-state index contributed by atoms with van der Waals surface area (Å²) in [5, 5.41) is 4.29. The summed E-state index contributed by atoms with van der Waals surface area (Å²) >= 11 is 11.7. The van der Waals surface area contributed by atoms with Gasteiger partial charge < -0.3 is 5.32 Å². The summed E-state index contributed by atoms with van der Waals surface area (Å²) in [6, 6.07) is 3.75. The number of rotatable bonds is 2. The number of aryl methyl sites for hydroxylation is 1. The number of halogens is 2. The number of hydrogen-bond acceptors (Lipinski definition) is 1. The molecule has 0 saturated heterocycles. The zero-order valence-corrected chi connectivity index (χ0v) is 8.63.